The van der Waals surface area contributed by atoms with Crippen LogP contribution in [0.3, 0.4) is 0 Å². The molecule has 5 heteroatoms. The molecule has 1 heterocycles. The largest absolute Gasteiger partial charge is 0.492 e. The standard InChI is InChI=1S/C13H16Cl3NO/c14-10-7-12(16)13(8-11(10)15)18-6-2-4-9-3-1-5-17-9/h7-9,17H,1-6H2. The van der Waals surface area contributed by atoms with Crippen LogP contribution in [0.15, 0.2) is 12.1 Å². The summed E-state index contributed by atoms with van der Waals surface area (Å²) in [4.78, 5) is 0. The number of rotatable bonds is 5. The average Bonchev–Trinajstić information content (AvgIpc) is 2.84. The van der Waals surface area contributed by atoms with Gasteiger partial charge in [-0.2, -0.15) is 0 Å². The van der Waals surface area contributed by atoms with Crippen molar-refractivity contribution in [1.82, 2.24) is 5.32 Å². The van der Waals surface area contributed by atoms with Crippen molar-refractivity contribution < 1.29 is 4.74 Å². The second kappa shape index (κ2) is 6.85. The fourth-order valence-corrected chi connectivity index (χ4v) is 2.72. The molecule has 100 valence electrons. The fourth-order valence-electron chi connectivity index (χ4n) is 2.13. The number of benzene rings is 1. The van der Waals surface area contributed by atoms with Crippen molar-refractivity contribution in [2.24, 2.45) is 0 Å². The van der Waals surface area contributed by atoms with Gasteiger partial charge in [0.05, 0.1) is 21.7 Å². The van der Waals surface area contributed by atoms with Crippen LogP contribution in [0.1, 0.15) is 25.7 Å². The second-order valence-electron chi connectivity index (χ2n) is 4.48. The molecule has 0 aromatic heterocycles. The van der Waals surface area contributed by atoms with Crippen LogP contribution in [-0.4, -0.2) is 19.2 Å². The monoisotopic (exact) mass is 307 g/mol. The van der Waals surface area contributed by atoms with Gasteiger partial charge in [-0.1, -0.05) is 34.8 Å². The molecule has 1 atom stereocenters. The van der Waals surface area contributed by atoms with Crippen LogP contribution in [0.2, 0.25) is 15.1 Å². The van der Waals surface area contributed by atoms with Crippen molar-refractivity contribution in [3.8, 4) is 5.75 Å². The minimum absolute atomic E-state index is 0.448. The molecule has 0 radical (unpaired) electrons. The summed E-state index contributed by atoms with van der Waals surface area (Å²) in [6.45, 7) is 1.79. The molecule has 0 bridgehead atoms. The maximum absolute atomic E-state index is 6.03. The Labute approximate surface area is 123 Å². The van der Waals surface area contributed by atoms with Crippen molar-refractivity contribution in [2.75, 3.05) is 13.2 Å². The highest BCUT2D eigenvalue weighted by Crippen LogP contribution is 2.33. The van der Waals surface area contributed by atoms with Crippen LogP contribution < -0.4 is 10.1 Å². The highest BCUT2D eigenvalue weighted by molar-refractivity contribution is 6.43. The van der Waals surface area contributed by atoms with E-state index in [1.165, 1.54) is 12.8 Å². The van der Waals surface area contributed by atoms with Crippen LogP contribution in [0, 0.1) is 0 Å². The Morgan fingerprint density at radius 3 is 2.67 bits per heavy atom. The Morgan fingerprint density at radius 2 is 1.94 bits per heavy atom. The molecule has 1 aromatic rings. The van der Waals surface area contributed by atoms with Crippen molar-refractivity contribution in [3.05, 3.63) is 27.2 Å². The molecule has 1 aliphatic heterocycles. The van der Waals surface area contributed by atoms with Gasteiger partial charge in [0.15, 0.2) is 0 Å². The Bertz CT molecular complexity index is 405. The maximum atomic E-state index is 6.03. The smallest absolute Gasteiger partial charge is 0.139 e. The number of ether oxygens (including phenoxy) is 1. The SMILES string of the molecule is Clc1cc(Cl)c(OCCCC2CCCN2)cc1Cl. The Balaban J connectivity index is 1.77. The minimum atomic E-state index is 0.448. The van der Waals surface area contributed by atoms with E-state index in [0.717, 1.165) is 19.4 Å². The third-order valence-electron chi connectivity index (χ3n) is 3.09. The normalized spacial score (nSPS) is 19.2. The summed E-state index contributed by atoms with van der Waals surface area (Å²) in [6.07, 6.45) is 4.70. The number of hydrogen-bond donors (Lipinski definition) is 1. The molecule has 0 spiro atoms. The summed E-state index contributed by atoms with van der Waals surface area (Å²) in [7, 11) is 0. The molecule has 1 saturated heterocycles. The van der Waals surface area contributed by atoms with E-state index in [-0.39, 0.29) is 0 Å². The van der Waals surface area contributed by atoms with Gasteiger partial charge in [0.25, 0.3) is 0 Å². The van der Waals surface area contributed by atoms with Gasteiger partial charge in [0, 0.05) is 12.1 Å². The summed E-state index contributed by atoms with van der Waals surface area (Å²) < 4.78 is 5.63. The van der Waals surface area contributed by atoms with Gasteiger partial charge in [0.2, 0.25) is 0 Å². The average molecular weight is 309 g/mol. The zero-order valence-electron chi connectivity index (χ0n) is 10.0. The topological polar surface area (TPSA) is 21.3 Å². The minimum Gasteiger partial charge on any atom is -0.492 e. The van der Waals surface area contributed by atoms with Crippen LogP contribution in [0.5, 0.6) is 5.75 Å². The molecular formula is C13H16Cl3NO. The van der Waals surface area contributed by atoms with Gasteiger partial charge < -0.3 is 10.1 Å². The van der Waals surface area contributed by atoms with Crippen molar-refractivity contribution in [3.63, 3.8) is 0 Å². The van der Waals surface area contributed by atoms with Crippen molar-refractivity contribution >= 4 is 34.8 Å². The van der Waals surface area contributed by atoms with Crippen molar-refractivity contribution in [2.45, 2.75) is 31.7 Å². The molecule has 1 fully saturated rings. The van der Waals surface area contributed by atoms with E-state index in [1.807, 2.05) is 0 Å². The molecule has 1 N–H and O–H groups in total. The van der Waals surface area contributed by atoms with E-state index < -0.39 is 0 Å². The van der Waals surface area contributed by atoms with Crippen LogP contribution >= 0.6 is 34.8 Å². The predicted molar refractivity (Wildman–Crippen MR) is 77.2 cm³/mol. The van der Waals surface area contributed by atoms with E-state index in [2.05, 4.69) is 5.32 Å². The first-order valence-electron chi connectivity index (χ1n) is 6.17. The summed E-state index contributed by atoms with van der Waals surface area (Å²) in [6, 6.07) is 3.93. The molecule has 0 amide bonds. The molecule has 1 aromatic carbocycles. The predicted octanol–water partition coefficient (Wildman–Crippen LogP) is 4.56. The van der Waals surface area contributed by atoms with Crippen LogP contribution in [0.25, 0.3) is 0 Å². The van der Waals surface area contributed by atoms with E-state index in [1.54, 1.807) is 12.1 Å². The zero-order valence-corrected chi connectivity index (χ0v) is 12.3. The molecule has 2 nitrogen and oxygen atoms in total. The third kappa shape index (κ3) is 3.92. The van der Waals surface area contributed by atoms with E-state index >= 15 is 0 Å². The Hall–Kier alpha value is -0.150. The summed E-state index contributed by atoms with van der Waals surface area (Å²) in [5.41, 5.74) is 0. The number of halogens is 3. The van der Waals surface area contributed by atoms with Gasteiger partial charge in [-0.15, -0.1) is 0 Å². The fraction of sp³-hybridized carbons (Fsp3) is 0.538. The lowest BCUT2D eigenvalue weighted by Crippen LogP contribution is -2.21. The van der Waals surface area contributed by atoms with Gasteiger partial charge >= 0.3 is 0 Å². The highest BCUT2D eigenvalue weighted by Gasteiger charge is 2.13. The molecule has 1 aliphatic rings. The lowest BCUT2D eigenvalue weighted by molar-refractivity contribution is 0.299. The van der Waals surface area contributed by atoms with Crippen LogP contribution in [0.4, 0.5) is 0 Å². The lowest BCUT2D eigenvalue weighted by Gasteiger charge is -2.12. The van der Waals surface area contributed by atoms with Gasteiger partial charge in [-0.25, -0.2) is 0 Å². The number of hydrogen-bond acceptors (Lipinski definition) is 2. The Kier molecular flexibility index (Phi) is 5.43. The van der Waals surface area contributed by atoms with Gasteiger partial charge in [-0.05, 0) is 38.3 Å². The molecule has 18 heavy (non-hydrogen) atoms. The van der Waals surface area contributed by atoms with E-state index in [4.69, 9.17) is 39.5 Å². The summed E-state index contributed by atoms with van der Waals surface area (Å²) in [5.74, 6) is 0.602. The summed E-state index contributed by atoms with van der Waals surface area (Å²) >= 11 is 17.8. The summed E-state index contributed by atoms with van der Waals surface area (Å²) in [5, 5.41) is 4.88. The quantitative estimate of drug-likeness (QED) is 0.636. The number of nitrogens with one attached hydrogen (secondary N) is 1. The van der Waals surface area contributed by atoms with E-state index in [9.17, 15) is 0 Å². The first kappa shape index (κ1) is 14.3. The lowest BCUT2D eigenvalue weighted by atomic mass is 10.1. The maximum Gasteiger partial charge on any atom is 0.139 e. The molecule has 0 aliphatic carbocycles. The molecule has 2 rings (SSSR count). The molecule has 1 unspecified atom stereocenters. The Morgan fingerprint density at radius 1 is 1.17 bits per heavy atom. The van der Waals surface area contributed by atoms with Crippen molar-refractivity contribution in [1.29, 1.82) is 0 Å². The highest BCUT2D eigenvalue weighted by atomic mass is 35.5. The first-order chi connectivity index (χ1) is 8.66. The van der Waals surface area contributed by atoms with Gasteiger partial charge in [0.1, 0.15) is 5.75 Å². The molecule has 0 saturated carbocycles. The second-order valence-corrected chi connectivity index (χ2v) is 5.70. The first-order valence-corrected chi connectivity index (χ1v) is 7.31. The third-order valence-corrected chi connectivity index (χ3v) is 4.11. The zero-order chi connectivity index (χ0) is 13.0. The van der Waals surface area contributed by atoms with Crippen LogP contribution in [-0.2, 0) is 0 Å². The van der Waals surface area contributed by atoms with E-state index in [0.29, 0.717) is 33.5 Å². The molecular weight excluding hydrogens is 293 g/mol. The van der Waals surface area contributed by atoms with Gasteiger partial charge in [-0.3, -0.25) is 0 Å².